The highest BCUT2D eigenvalue weighted by molar-refractivity contribution is 5.99. The molecule has 25 heavy (non-hydrogen) atoms. The largest absolute Gasteiger partial charge is 0.352 e. The van der Waals surface area contributed by atoms with E-state index >= 15 is 0 Å². The smallest absolute Gasteiger partial charge is 0.228 e. The Morgan fingerprint density at radius 2 is 2.16 bits per heavy atom. The zero-order valence-electron chi connectivity index (χ0n) is 14.7. The lowest BCUT2D eigenvalue weighted by Crippen LogP contribution is -2.46. The summed E-state index contributed by atoms with van der Waals surface area (Å²) in [6, 6.07) is 7.05. The van der Waals surface area contributed by atoms with Crippen molar-refractivity contribution in [2.75, 3.05) is 18.4 Å². The highest BCUT2D eigenvalue weighted by atomic mass is 16.2. The van der Waals surface area contributed by atoms with E-state index in [-0.39, 0.29) is 11.8 Å². The molecule has 0 aromatic heterocycles. The fraction of sp³-hybridized carbons (Fsp3) is 0.600. The van der Waals surface area contributed by atoms with Crippen molar-refractivity contribution in [3.63, 3.8) is 0 Å². The lowest BCUT2D eigenvalue weighted by Gasteiger charge is -2.32. The third kappa shape index (κ3) is 3.71. The average Bonchev–Trinajstić information content (AvgIpc) is 3.17. The van der Waals surface area contributed by atoms with E-state index in [0.29, 0.717) is 24.9 Å². The maximum Gasteiger partial charge on any atom is 0.228 e. The van der Waals surface area contributed by atoms with Gasteiger partial charge in [-0.15, -0.1) is 0 Å². The number of nitrogens with one attached hydrogen (secondary N) is 2. The summed E-state index contributed by atoms with van der Waals surface area (Å²) in [5.74, 6) is 0.260. The van der Waals surface area contributed by atoms with Crippen molar-refractivity contribution in [2.24, 2.45) is 0 Å². The number of hydrogen-bond acceptors (Lipinski definition) is 3. The lowest BCUT2D eigenvalue weighted by molar-refractivity contribution is -0.122. The van der Waals surface area contributed by atoms with Gasteiger partial charge in [-0.2, -0.15) is 0 Å². The Morgan fingerprint density at radius 1 is 1.24 bits per heavy atom. The molecule has 0 saturated carbocycles. The monoisotopic (exact) mass is 341 g/mol. The minimum Gasteiger partial charge on any atom is -0.352 e. The number of piperidine rings is 1. The Hall–Kier alpha value is -1.88. The Kier molecular flexibility index (Phi) is 4.75. The minimum atomic E-state index is 0.0693. The van der Waals surface area contributed by atoms with Gasteiger partial charge in [0.15, 0.2) is 0 Å². The van der Waals surface area contributed by atoms with E-state index in [9.17, 15) is 9.59 Å². The molecular formula is C20H27N3O2. The number of nitrogens with zero attached hydrogens (tertiary/aromatic N) is 1. The molecule has 0 unspecified atom stereocenters. The number of aryl methyl sites for hydroxylation is 1. The van der Waals surface area contributed by atoms with Crippen LogP contribution in [0.3, 0.4) is 0 Å². The van der Waals surface area contributed by atoms with Crippen LogP contribution in [0.5, 0.6) is 0 Å². The molecule has 0 spiro atoms. The van der Waals surface area contributed by atoms with Gasteiger partial charge in [-0.3, -0.25) is 14.5 Å². The van der Waals surface area contributed by atoms with E-state index in [1.54, 1.807) is 0 Å². The van der Waals surface area contributed by atoms with Gasteiger partial charge in [-0.1, -0.05) is 18.6 Å². The topological polar surface area (TPSA) is 61.4 Å². The van der Waals surface area contributed by atoms with Gasteiger partial charge in [0.1, 0.15) is 0 Å². The standard InChI is InChI=1S/C20H27N3O2/c24-19(22-17-9-11-23-10-2-1-5-18(17)23)6-3-4-14-7-8-16-15(12-14)13-20(25)21-16/h7-8,12,17-18H,1-6,9-11,13H2,(H,21,25)(H,22,24)/t17-,18+/m1/s1. The first-order valence-electron chi connectivity index (χ1n) is 9.64. The second kappa shape index (κ2) is 7.16. The van der Waals surface area contributed by atoms with Gasteiger partial charge >= 0.3 is 0 Å². The fourth-order valence-corrected chi connectivity index (χ4v) is 4.59. The van der Waals surface area contributed by atoms with Gasteiger partial charge in [-0.25, -0.2) is 0 Å². The third-order valence-corrected chi connectivity index (χ3v) is 5.87. The average molecular weight is 341 g/mol. The lowest BCUT2D eigenvalue weighted by atomic mass is 9.98. The zero-order chi connectivity index (χ0) is 17.2. The van der Waals surface area contributed by atoms with Gasteiger partial charge in [0.25, 0.3) is 0 Å². The molecule has 5 nitrogen and oxygen atoms in total. The summed E-state index contributed by atoms with van der Waals surface area (Å²) < 4.78 is 0. The van der Waals surface area contributed by atoms with Crippen LogP contribution in [0.15, 0.2) is 18.2 Å². The van der Waals surface area contributed by atoms with Crippen molar-refractivity contribution in [1.82, 2.24) is 10.2 Å². The van der Waals surface area contributed by atoms with Gasteiger partial charge in [0.2, 0.25) is 11.8 Å². The van der Waals surface area contributed by atoms with Crippen molar-refractivity contribution in [3.8, 4) is 0 Å². The van der Waals surface area contributed by atoms with E-state index in [4.69, 9.17) is 0 Å². The molecule has 2 N–H and O–H groups in total. The van der Waals surface area contributed by atoms with Crippen LogP contribution in [-0.2, 0) is 22.4 Å². The van der Waals surface area contributed by atoms with Crippen LogP contribution < -0.4 is 10.6 Å². The first-order chi connectivity index (χ1) is 12.2. The molecule has 134 valence electrons. The summed E-state index contributed by atoms with van der Waals surface area (Å²) in [6.07, 6.45) is 7.72. The maximum absolute atomic E-state index is 12.3. The Bertz CT molecular complexity index is 673. The molecule has 2 atom stereocenters. The molecule has 0 aliphatic carbocycles. The molecule has 4 rings (SSSR count). The van der Waals surface area contributed by atoms with E-state index in [2.05, 4.69) is 27.7 Å². The molecule has 2 fully saturated rings. The van der Waals surface area contributed by atoms with E-state index in [1.807, 2.05) is 6.07 Å². The van der Waals surface area contributed by atoms with E-state index in [1.165, 1.54) is 31.4 Å². The zero-order valence-corrected chi connectivity index (χ0v) is 14.7. The molecule has 5 heteroatoms. The van der Waals surface area contributed by atoms with Crippen LogP contribution >= 0.6 is 0 Å². The number of benzene rings is 1. The van der Waals surface area contributed by atoms with Crippen molar-refractivity contribution in [2.45, 2.75) is 63.5 Å². The van der Waals surface area contributed by atoms with Crippen LogP contribution in [0.4, 0.5) is 5.69 Å². The predicted molar refractivity (Wildman–Crippen MR) is 97.5 cm³/mol. The summed E-state index contributed by atoms with van der Waals surface area (Å²) in [4.78, 5) is 26.3. The van der Waals surface area contributed by atoms with Crippen molar-refractivity contribution in [1.29, 1.82) is 0 Å². The Labute approximate surface area is 149 Å². The molecule has 1 aromatic carbocycles. The van der Waals surface area contributed by atoms with Crippen molar-refractivity contribution < 1.29 is 9.59 Å². The molecule has 0 radical (unpaired) electrons. The normalized spacial score (nSPS) is 25.4. The number of rotatable bonds is 5. The number of hydrogen-bond donors (Lipinski definition) is 2. The van der Waals surface area contributed by atoms with Gasteiger partial charge in [0.05, 0.1) is 6.42 Å². The molecule has 2 saturated heterocycles. The highest BCUT2D eigenvalue weighted by Gasteiger charge is 2.35. The Morgan fingerprint density at radius 3 is 3.08 bits per heavy atom. The van der Waals surface area contributed by atoms with E-state index < -0.39 is 0 Å². The van der Waals surface area contributed by atoms with Crippen LogP contribution in [0.25, 0.3) is 0 Å². The minimum absolute atomic E-state index is 0.0693. The number of fused-ring (bicyclic) bond motifs is 2. The van der Waals surface area contributed by atoms with Gasteiger partial charge in [-0.05, 0) is 55.8 Å². The number of amides is 2. The SMILES string of the molecule is O=C1Cc2cc(CCCC(=O)N[C@@H]3CCN4CCCC[C@@H]34)ccc2N1. The summed E-state index contributed by atoms with van der Waals surface area (Å²) >= 11 is 0. The number of carbonyl (C=O) groups excluding carboxylic acids is 2. The van der Waals surface area contributed by atoms with Gasteiger partial charge in [0, 0.05) is 30.7 Å². The third-order valence-electron chi connectivity index (χ3n) is 5.87. The molecule has 3 aliphatic rings. The van der Waals surface area contributed by atoms with E-state index in [0.717, 1.165) is 37.1 Å². The number of carbonyl (C=O) groups is 2. The molecule has 3 heterocycles. The highest BCUT2D eigenvalue weighted by Crippen LogP contribution is 2.27. The maximum atomic E-state index is 12.3. The van der Waals surface area contributed by atoms with Crippen molar-refractivity contribution in [3.05, 3.63) is 29.3 Å². The summed E-state index contributed by atoms with van der Waals surface area (Å²) in [7, 11) is 0. The summed E-state index contributed by atoms with van der Waals surface area (Å²) in [5, 5.41) is 6.13. The molecule has 0 bridgehead atoms. The first kappa shape index (κ1) is 16.6. The van der Waals surface area contributed by atoms with Crippen LogP contribution in [-0.4, -0.2) is 41.9 Å². The molecule has 2 amide bonds. The predicted octanol–water partition coefficient (Wildman–Crippen LogP) is 2.25. The number of anilines is 1. The molecular weight excluding hydrogens is 314 g/mol. The quantitative estimate of drug-likeness (QED) is 0.863. The molecule has 3 aliphatic heterocycles. The second-order valence-corrected chi connectivity index (χ2v) is 7.63. The van der Waals surface area contributed by atoms with Crippen LogP contribution in [0.1, 0.15) is 49.7 Å². The van der Waals surface area contributed by atoms with Crippen LogP contribution in [0, 0.1) is 0 Å². The molecule has 1 aromatic rings. The fourth-order valence-electron chi connectivity index (χ4n) is 4.59. The first-order valence-corrected chi connectivity index (χ1v) is 9.64. The second-order valence-electron chi connectivity index (χ2n) is 7.63. The summed E-state index contributed by atoms with van der Waals surface area (Å²) in [6.45, 7) is 2.34. The van der Waals surface area contributed by atoms with Crippen LogP contribution in [0.2, 0.25) is 0 Å². The van der Waals surface area contributed by atoms with Gasteiger partial charge < -0.3 is 10.6 Å². The Balaban J connectivity index is 1.23. The van der Waals surface area contributed by atoms with Crippen molar-refractivity contribution >= 4 is 17.5 Å². The summed E-state index contributed by atoms with van der Waals surface area (Å²) in [5.41, 5.74) is 3.22.